The normalized spacial score (nSPS) is 13.2. The van der Waals surface area contributed by atoms with Crippen LogP contribution < -0.4 is 5.11 Å². The molecule has 0 amide bonds. The quantitative estimate of drug-likeness (QED) is 0.0195. The highest BCUT2D eigenvalue weighted by molar-refractivity contribution is 5.70. The number of ether oxygens (including phenoxy) is 4. The second-order valence-corrected chi connectivity index (χ2v) is 21.6. The third kappa shape index (κ3) is 56.6. The summed E-state index contributed by atoms with van der Waals surface area (Å²) in [6.45, 7) is 4.67. The Morgan fingerprint density at radius 2 is 0.781 bits per heavy atom. The molecule has 424 valence electrons. The van der Waals surface area contributed by atoms with Crippen LogP contribution in [0.4, 0.5) is 0 Å². The van der Waals surface area contributed by atoms with Gasteiger partial charge in [0.1, 0.15) is 13.2 Å². The maximum atomic E-state index is 12.9. The van der Waals surface area contributed by atoms with Crippen LogP contribution in [0.15, 0.2) is 60.8 Å². The number of hydrogen-bond donors (Lipinski definition) is 0. The largest absolute Gasteiger partial charge is 0.545 e. The van der Waals surface area contributed by atoms with Crippen LogP contribution in [0.3, 0.4) is 0 Å². The van der Waals surface area contributed by atoms with Gasteiger partial charge in [-0.2, -0.15) is 0 Å². The lowest BCUT2D eigenvalue weighted by Crippen LogP contribution is -2.44. The molecule has 0 aliphatic heterocycles. The van der Waals surface area contributed by atoms with E-state index < -0.39 is 24.3 Å². The summed E-state index contributed by atoms with van der Waals surface area (Å²) in [5.41, 5.74) is 0. The van der Waals surface area contributed by atoms with E-state index in [1.807, 2.05) is 21.1 Å². The lowest BCUT2D eigenvalue weighted by atomic mass is 10.0. The summed E-state index contributed by atoms with van der Waals surface area (Å²) >= 11 is 0. The van der Waals surface area contributed by atoms with Crippen molar-refractivity contribution >= 4 is 17.9 Å². The minimum atomic E-state index is -1.62. The Morgan fingerprint density at radius 1 is 0.425 bits per heavy atom. The number of esters is 2. The fourth-order valence-corrected chi connectivity index (χ4v) is 8.62. The number of hydrogen-bond acceptors (Lipinski definition) is 8. The van der Waals surface area contributed by atoms with Crippen LogP contribution in [-0.4, -0.2) is 82.3 Å². The van der Waals surface area contributed by atoms with E-state index in [0.29, 0.717) is 23.9 Å². The van der Waals surface area contributed by atoms with Gasteiger partial charge in [0.2, 0.25) is 0 Å². The number of likely N-dealkylation sites (N-methyl/N-ethyl adjacent to an activating group) is 1. The first-order valence-corrected chi connectivity index (χ1v) is 30.4. The van der Waals surface area contributed by atoms with Crippen LogP contribution in [0.2, 0.25) is 0 Å². The molecule has 0 aromatic rings. The second-order valence-electron chi connectivity index (χ2n) is 21.6. The van der Waals surface area contributed by atoms with Crippen molar-refractivity contribution in [3.63, 3.8) is 0 Å². The molecule has 0 aliphatic rings. The topological polar surface area (TPSA) is 111 Å². The Labute approximate surface area is 450 Å². The van der Waals surface area contributed by atoms with Gasteiger partial charge in [-0.1, -0.05) is 261 Å². The molecule has 0 rings (SSSR count). The highest BCUT2D eigenvalue weighted by atomic mass is 16.7. The van der Waals surface area contributed by atoms with Gasteiger partial charge in [0.05, 0.1) is 40.3 Å². The van der Waals surface area contributed by atoms with Crippen LogP contribution in [0.5, 0.6) is 0 Å². The second kappa shape index (κ2) is 55.2. The minimum absolute atomic E-state index is 0.149. The first-order chi connectivity index (χ1) is 35.6. The number of carboxylic acids is 1. The average molecular weight is 1030 g/mol. The minimum Gasteiger partial charge on any atom is -0.545 e. The van der Waals surface area contributed by atoms with Gasteiger partial charge in [0, 0.05) is 12.8 Å². The summed E-state index contributed by atoms with van der Waals surface area (Å²) < 4.78 is 22.7. The van der Waals surface area contributed by atoms with Crippen molar-refractivity contribution in [3.8, 4) is 0 Å². The van der Waals surface area contributed by atoms with Crippen LogP contribution >= 0.6 is 0 Å². The predicted octanol–water partition coefficient (Wildman–Crippen LogP) is 16.7. The summed E-state index contributed by atoms with van der Waals surface area (Å²) in [6, 6.07) is 0. The standard InChI is InChI=1S/C64H115NO8/c1-6-8-10-12-14-16-18-20-22-23-24-25-26-27-28-29-30-31-32-33-34-35-36-37-38-39-41-43-45-47-49-51-53-55-62(67)73-60(59-72-64(63(68)69)70-57-56-65(3,4)5)58-71-61(66)54-52-50-48-46-44-42-40-21-19-17-15-13-11-9-7-2/h8,10,14,16,20,22,24-25,27-28,60,64H,6-7,9,11-13,15,17-19,21,23,26,29-59H2,1-5H3/b10-8-,16-14-,22-20-,25-24-,28-27-. The summed E-state index contributed by atoms with van der Waals surface area (Å²) in [4.78, 5) is 37.3. The third-order valence-electron chi connectivity index (χ3n) is 13.3. The summed E-state index contributed by atoms with van der Waals surface area (Å²) in [5.74, 6) is -2.27. The van der Waals surface area contributed by atoms with Gasteiger partial charge >= 0.3 is 11.9 Å². The van der Waals surface area contributed by atoms with E-state index in [4.69, 9.17) is 18.9 Å². The fourth-order valence-electron chi connectivity index (χ4n) is 8.62. The maximum Gasteiger partial charge on any atom is 0.306 e. The molecule has 0 heterocycles. The number of allylic oxidation sites excluding steroid dienone is 10. The molecule has 2 unspecified atom stereocenters. The van der Waals surface area contributed by atoms with Crippen molar-refractivity contribution in [2.45, 2.75) is 283 Å². The molecule has 0 bridgehead atoms. The molecule has 0 fully saturated rings. The average Bonchev–Trinajstić information content (AvgIpc) is 3.36. The van der Waals surface area contributed by atoms with Crippen molar-refractivity contribution in [1.82, 2.24) is 0 Å². The summed E-state index contributed by atoms with van der Waals surface area (Å²) in [6.07, 6.45) is 67.1. The van der Waals surface area contributed by atoms with Crippen molar-refractivity contribution in [1.29, 1.82) is 0 Å². The molecule has 9 heteroatoms. The molecule has 9 nitrogen and oxygen atoms in total. The number of aliphatic carboxylic acids is 1. The molecule has 2 atom stereocenters. The summed E-state index contributed by atoms with van der Waals surface area (Å²) in [5, 5.41) is 11.8. The lowest BCUT2D eigenvalue weighted by Gasteiger charge is -2.26. The van der Waals surface area contributed by atoms with E-state index in [-0.39, 0.29) is 32.2 Å². The molecule has 0 saturated heterocycles. The SMILES string of the molecule is CC/C=C\C/C=C\C/C=C\C/C=C\C/C=C\CCCCCCCCCCCCCCCCCCCC(=O)OC(COC(=O)CCCCCCCCCCCCCCCCC)COC(OCC[N+](C)(C)C)C(=O)[O-]. The molecule has 0 spiro atoms. The highest BCUT2D eigenvalue weighted by Crippen LogP contribution is 2.17. The number of carboxylic acid groups (broad SMARTS) is 1. The number of quaternary nitrogens is 1. The van der Waals surface area contributed by atoms with Crippen LogP contribution in [-0.2, 0) is 33.3 Å². The highest BCUT2D eigenvalue weighted by Gasteiger charge is 2.22. The maximum absolute atomic E-state index is 12.9. The van der Waals surface area contributed by atoms with Crippen LogP contribution in [0.25, 0.3) is 0 Å². The fraction of sp³-hybridized carbons (Fsp3) is 0.797. The summed E-state index contributed by atoms with van der Waals surface area (Å²) in [7, 11) is 5.93. The zero-order valence-corrected chi connectivity index (χ0v) is 48.3. The number of unbranched alkanes of at least 4 members (excludes halogenated alkanes) is 31. The number of carbonyl (C=O) groups excluding carboxylic acids is 3. The van der Waals surface area contributed by atoms with Crippen molar-refractivity contribution in [2.24, 2.45) is 0 Å². The van der Waals surface area contributed by atoms with Crippen molar-refractivity contribution < 1.29 is 42.9 Å². The first-order valence-electron chi connectivity index (χ1n) is 30.4. The molecule has 0 saturated carbocycles. The number of rotatable bonds is 56. The number of carbonyl (C=O) groups is 3. The van der Waals surface area contributed by atoms with Gasteiger partial charge < -0.3 is 33.3 Å². The monoisotopic (exact) mass is 1030 g/mol. The van der Waals surface area contributed by atoms with E-state index >= 15 is 0 Å². The first kappa shape index (κ1) is 70.0. The Balaban J connectivity index is 4.09. The molecular weight excluding hydrogens is 911 g/mol. The van der Waals surface area contributed by atoms with Gasteiger partial charge in [0.15, 0.2) is 12.4 Å². The van der Waals surface area contributed by atoms with Gasteiger partial charge in [-0.15, -0.1) is 0 Å². The predicted molar refractivity (Wildman–Crippen MR) is 306 cm³/mol. The third-order valence-corrected chi connectivity index (χ3v) is 13.3. The van der Waals surface area contributed by atoms with Gasteiger partial charge in [-0.3, -0.25) is 9.59 Å². The van der Waals surface area contributed by atoms with Crippen LogP contribution in [0, 0.1) is 0 Å². The Morgan fingerprint density at radius 3 is 1.16 bits per heavy atom. The zero-order valence-electron chi connectivity index (χ0n) is 48.3. The van der Waals surface area contributed by atoms with Crippen molar-refractivity contribution in [2.75, 3.05) is 47.5 Å². The molecule has 0 aromatic carbocycles. The molecule has 0 radical (unpaired) electrons. The lowest BCUT2D eigenvalue weighted by molar-refractivity contribution is -0.870. The van der Waals surface area contributed by atoms with E-state index in [2.05, 4.69) is 74.6 Å². The smallest absolute Gasteiger partial charge is 0.306 e. The van der Waals surface area contributed by atoms with Crippen LogP contribution in [0.1, 0.15) is 271 Å². The molecule has 0 aliphatic carbocycles. The van der Waals surface area contributed by atoms with E-state index in [1.54, 1.807) is 0 Å². The van der Waals surface area contributed by atoms with E-state index in [9.17, 15) is 19.5 Å². The van der Waals surface area contributed by atoms with Gasteiger partial charge in [0.25, 0.3) is 0 Å². The Bertz CT molecular complexity index is 1380. The molecule has 0 N–H and O–H groups in total. The molecule has 0 aromatic heterocycles. The zero-order chi connectivity index (χ0) is 53.4. The molecule has 73 heavy (non-hydrogen) atoms. The van der Waals surface area contributed by atoms with Gasteiger partial charge in [-0.25, -0.2) is 0 Å². The number of nitrogens with zero attached hydrogens (tertiary/aromatic N) is 1. The van der Waals surface area contributed by atoms with Crippen molar-refractivity contribution in [3.05, 3.63) is 60.8 Å². The van der Waals surface area contributed by atoms with E-state index in [1.165, 1.54) is 173 Å². The Kier molecular flexibility index (Phi) is 53.0. The van der Waals surface area contributed by atoms with Gasteiger partial charge in [-0.05, 0) is 57.8 Å². The Hall–Kier alpha value is -3.01. The van der Waals surface area contributed by atoms with E-state index in [0.717, 1.165) is 64.2 Å². The molecular formula is C64H115NO8.